The normalized spacial score (nSPS) is 18.3. The van der Waals surface area contributed by atoms with E-state index in [9.17, 15) is 22.0 Å². The van der Waals surface area contributed by atoms with Gasteiger partial charge in [0.2, 0.25) is 15.9 Å². The first-order valence-corrected chi connectivity index (χ1v) is 8.93. The van der Waals surface area contributed by atoms with E-state index in [1.807, 2.05) is 0 Å². The quantitative estimate of drug-likeness (QED) is 0.842. The highest BCUT2D eigenvalue weighted by Gasteiger charge is 2.27. The van der Waals surface area contributed by atoms with Crippen molar-refractivity contribution in [2.45, 2.75) is 18.9 Å². The van der Waals surface area contributed by atoms with E-state index < -0.39 is 39.8 Å². The van der Waals surface area contributed by atoms with Gasteiger partial charge in [0.25, 0.3) is 0 Å². The van der Waals surface area contributed by atoms with Gasteiger partial charge in [0.05, 0.1) is 18.9 Å². The van der Waals surface area contributed by atoms with Gasteiger partial charge >= 0.3 is 0 Å². The molecule has 1 saturated heterocycles. The average molecular weight is 348 g/mol. The number of benzene rings is 1. The number of sulfonamides is 1. The summed E-state index contributed by atoms with van der Waals surface area (Å²) < 4.78 is 56.9. The summed E-state index contributed by atoms with van der Waals surface area (Å²) in [5.74, 6) is -2.68. The second kappa shape index (κ2) is 7.33. The van der Waals surface area contributed by atoms with Crippen LogP contribution in [0.1, 0.15) is 12.8 Å². The van der Waals surface area contributed by atoms with Crippen LogP contribution in [0.5, 0.6) is 0 Å². The van der Waals surface area contributed by atoms with Crippen molar-refractivity contribution in [1.82, 2.24) is 4.31 Å². The van der Waals surface area contributed by atoms with Crippen LogP contribution in [0, 0.1) is 11.6 Å². The van der Waals surface area contributed by atoms with Crippen LogP contribution in [0.4, 0.5) is 14.5 Å². The second-order valence-corrected chi connectivity index (χ2v) is 7.32. The lowest BCUT2D eigenvalue weighted by Crippen LogP contribution is -2.41. The number of amides is 1. The number of hydrogen-bond donors (Lipinski definition) is 1. The molecule has 0 saturated carbocycles. The van der Waals surface area contributed by atoms with Gasteiger partial charge in [-0.05, 0) is 25.0 Å². The fourth-order valence-corrected chi connectivity index (χ4v) is 3.08. The number of halogens is 2. The van der Waals surface area contributed by atoms with Crippen LogP contribution in [0.2, 0.25) is 0 Å². The Morgan fingerprint density at radius 3 is 2.57 bits per heavy atom. The molecule has 9 heteroatoms. The molecule has 1 unspecified atom stereocenters. The first-order valence-electron chi connectivity index (χ1n) is 7.08. The molecule has 1 N–H and O–H groups in total. The lowest BCUT2D eigenvalue weighted by molar-refractivity contribution is -0.116. The zero-order chi connectivity index (χ0) is 17.0. The first kappa shape index (κ1) is 17.8. The minimum absolute atomic E-state index is 0.0337. The van der Waals surface area contributed by atoms with Crippen molar-refractivity contribution in [3.8, 4) is 0 Å². The maximum absolute atomic E-state index is 13.5. The molecular weight excluding hydrogens is 330 g/mol. The molecule has 0 spiro atoms. The van der Waals surface area contributed by atoms with E-state index in [0.29, 0.717) is 13.0 Å². The van der Waals surface area contributed by atoms with E-state index in [1.165, 1.54) is 6.07 Å². The minimum Gasteiger partial charge on any atom is -0.377 e. The third kappa shape index (κ3) is 4.95. The molecule has 0 aromatic heterocycles. The SMILES string of the molecule is CS(=O)(=O)N(CC(=O)Nc1c(F)cccc1F)CC1CCCO1. The fraction of sp³-hybridized carbons (Fsp3) is 0.500. The molecule has 1 aliphatic heterocycles. The van der Waals surface area contributed by atoms with Crippen molar-refractivity contribution >= 4 is 21.6 Å². The van der Waals surface area contributed by atoms with Crippen LogP contribution >= 0.6 is 0 Å². The van der Waals surface area contributed by atoms with Gasteiger partial charge in [-0.3, -0.25) is 4.79 Å². The summed E-state index contributed by atoms with van der Waals surface area (Å²) in [5, 5.41) is 2.07. The third-order valence-electron chi connectivity index (χ3n) is 3.45. The van der Waals surface area contributed by atoms with Gasteiger partial charge in [-0.15, -0.1) is 0 Å². The van der Waals surface area contributed by atoms with Gasteiger partial charge in [-0.2, -0.15) is 4.31 Å². The van der Waals surface area contributed by atoms with Gasteiger partial charge in [-0.1, -0.05) is 6.07 Å². The lowest BCUT2D eigenvalue weighted by atomic mass is 10.2. The summed E-state index contributed by atoms with van der Waals surface area (Å²) in [5.41, 5.74) is -0.594. The number of hydrogen-bond acceptors (Lipinski definition) is 4. The van der Waals surface area contributed by atoms with Crippen LogP contribution in [0.15, 0.2) is 18.2 Å². The molecule has 0 radical (unpaired) electrons. The van der Waals surface area contributed by atoms with Gasteiger partial charge in [0, 0.05) is 13.2 Å². The molecule has 0 aliphatic carbocycles. The average Bonchev–Trinajstić information content (AvgIpc) is 2.94. The molecule has 23 heavy (non-hydrogen) atoms. The van der Waals surface area contributed by atoms with Gasteiger partial charge < -0.3 is 10.1 Å². The van der Waals surface area contributed by atoms with Crippen molar-refractivity contribution in [3.63, 3.8) is 0 Å². The third-order valence-corrected chi connectivity index (χ3v) is 4.66. The van der Waals surface area contributed by atoms with Gasteiger partial charge in [0.1, 0.15) is 17.3 Å². The van der Waals surface area contributed by atoms with Gasteiger partial charge in [0.15, 0.2) is 0 Å². The summed E-state index contributed by atoms with van der Waals surface area (Å²) in [6, 6.07) is 3.17. The summed E-state index contributed by atoms with van der Waals surface area (Å²) in [7, 11) is -3.65. The summed E-state index contributed by atoms with van der Waals surface area (Å²) >= 11 is 0. The van der Waals surface area contributed by atoms with Crippen molar-refractivity contribution in [2.24, 2.45) is 0 Å². The molecule has 128 valence electrons. The Morgan fingerprint density at radius 2 is 2.04 bits per heavy atom. The highest BCUT2D eigenvalue weighted by molar-refractivity contribution is 7.88. The van der Waals surface area contributed by atoms with Crippen molar-refractivity contribution < 1.29 is 26.7 Å². The van der Waals surface area contributed by atoms with E-state index in [1.54, 1.807) is 0 Å². The molecule has 1 aromatic rings. The maximum atomic E-state index is 13.5. The smallest absolute Gasteiger partial charge is 0.239 e. The summed E-state index contributed by atoms with van der Waals surface area (Å²) in [4.78, 5) is 12.0. The second-order valence-electron chi connectivity index (χ2n) is 5.34. The highest BCUT2D eigenvalue weighted by Crippen LogP contribution is 2.18. The van der Waals surface area contributed by atoms with E-state index >= 15 is 0 Å². The minimum atomic E-state index is -3.65. The number of carbonyl (C=O) groups is 1. The number of nitrogens with one attached hydrogen (secondary N) is 1. The first-order chi connectivity index (χ1) is 10.8. The van der Waals surface area contributed by atoms with Crippen LogP contribution in [-0.4, -0.2) is 50.7 Å². The molecule has 2 rings (SSSR count). The Balaban J connectivity index is 2.05. The summed E-state index contributed by atoms with van der Waals surface area (Å²) in [6.45, 7) is 0.0490. The molecule has 6 nitrogen and oxygen atoms in total. The number of nitrogens with zero attached hydrogens (tertiary/aromatic N) is 1. The number of carbonyl (C=O) groups excluding carboxylic acids is 1. The Kier molecular flexibility index (Phi) is 5.66. The predicted molar refractivity (Wildman–Crippen MR) is 80.4 cm³/mol. The van der Waals surface area contributed by atoms with Crippen LogP contribution in [0.25, 0.3) is 0 Å². The fourth-order valence-electron chi connectivity index (χ4n) is 2.29. The van der Waals surface area contributed by atoms with E-state index in [-0.39, 0.29) is 12.6 Å². The molecule has 1 atom stereocenters. The molecule has 1 fully saturated rings. The Labute approximate surface area is 133 Å². The molecule has 1 aromatic carbocycles. The molecule has 1 amide bonds. The Morgan fingerprint density at radius 1 is 1.39 bits per heavy atom. The lowest BCUT2D eigenvalue weighted by Gasteiger charge is -2.22. The maximum Gasteiger partial charge on any atom is 0.239 e. The molecule has 1 heterocycles. The molecule has 0 bridgehead atoms. The highest BCUT2D eigenvalue weighted by atomic mass is 32.2. The number of rotatable bonds is 6. The van der Waals surface area contributed by atoms with Crippen molar-refractivity contribution in [3.05, 3.63) is 29.8 Å². The largest absolute Gasteiger partial charge is 0.377 e. The monoisotopic (exact) mass is 348 g/mol. The zero-order valence-electron chi connectivity index (χ0n) is 12.6. The van der Waals surface area contributed by atoms with E-state index in [0.717, 1.165) is 29.1 Å². The van der Waals surface area contributed by atoms with Crippen LogP contribution < -0.4 is 5.32 Å². The Bertz CT molecular complexity index is 655. The van der Waals surface area contributed by atoms with E-state index in [4.69, 9.17) is 4.74 Å². The number of ether oxygens (including phenoxy) is 1. The van der Waals surface area contributed by atoms with Crippen molar-refractivity contribution in [2.75, 3.05) is 31.3 Å². The topological polar surface area (TPSA) is 75.7 Å². The Hall–Kier alpha value is -1.58. The van der Waals surface area contributed by atoms with Crippen molar-refractivity contribution in [1.29, 1.82) is 0 Å². The summed E-state index contributed by atoms with van der Waals surface area (Å²) in [6.07, 6.45) is 2.23. The zero-order valence-corrected chi connectivity index (χ0v) is 13.4. The molecular formula is C14H18F2N2O4S. The molecule has 1 aliphatic rings. The standard InChI is InChI=1S/C14H18F2N2O4S/c1-23(20,21)18(8-10-4-3-7-22-10)9-13(19)17-14-11(15)5-2-6-12(14)16/h2,5-6,10H,3-4,7-9H2,1H3,(H,17,19). The van der Waals surface area contributed by atoms with E-state index in [2.05, 4.69) is 5.32 Å². The van der Waals surface area contributed by atoms with Gasteiger partial charge in [-0.25, -0.2) is 17.2 Å². The number of para-hydroxylation sites is 1. The van der Waals surface area contributed by atoms with Crippen LogP contribution in [-0.2, 0) is 19.6 Å². The number of anilines is 1. The predicted octanol–water partition coefficient (Wildman–Crippen LogP) is 1.34. The van der Waals surface area contributed by atoms with Crippen LogP contribution in [0.3, 0.4) is 0 Å².